The van der Waals surface area contributed by atoms with Crippen LogP contribution in [-0.4, -0.2) is 53.9 Å². The van der Waals surface area contributed by atoms with Crippen LogP contribution in [0.1, 0.15) is 38.4 Å². The van der Waals surface area contributed by atoms with Crippen LogP contribution in [0.4, 0.5) is 10.2 Å². The van der Waals surface area contributed by atoms with E-state index in [0.29, 0.717) is 6.04 Å². The molecule has 0 spiro atoms. The molecule has 6 heteroatoms. The number of benzene rings is 1. The lowest BCUT2D eigenvalue weighted by atomic mass is 10.1. The van der Waals surface area contributed by atoms with Crippen molar-refractivity contribution < 1.29 is 4.39 Å². The highest BCUT2D eigenvalue weighted by atomic mass is 19.1. The predicted molar refractivity (Wildman–Crippen MR) is 109 cm³/mol. The van der Waals surface area contributed by atoms with Gasteiger partial charge < -0.3 is 15.1 Å². The normalized spacial score (nSPS) is 16.7. The zero-order valence-electron chi connectivity index (χ0n) is 17.0. The van der Waals surface area contributed by atoms with Crippen LogP contribution < -0.4 is 10.2 Å². The van der Waals surface area contributed by atoms with E-state index in [9.17, 15) is 4.39 Å². The first-order valence-electron chi connectivity index (χ1n) is 10.1. The van der Waals surface area contributed by atoms with E-state index in [-0.39, 0.29) is 5.82 Å². The van der Waals surface area contributed by atoms with Crippen LogP contribution in [0.3, 0.4) is 0 Å². The number of aryl methyl sites for hydroxylation is 1. The molecule has 1 fully saturated rings. The number of anilines is 1. The smallest absolute Gasteiger partial charge is 0.137 e. The molecular weight excluding hydrogens is 341 g/mol. The third-order valence-corrected chi connectivity index (χ3v) is 5.49. The molecule has 2 aromatic rings. The quantitative estimate of drug-likeness (QED) is 0.809. The maximum absolute atomic E-state index is 13.4. The van der Waals surface area contributed by atoms with Gasteiger partial charge in [0.1, 0.15) is 11.6 Å². The number of nitrogens with zero attached hydrogens (tertiary/aromatic N) is 4. The second-order valence-corrected chi connectivity index (χ2v) is 7.47. The van der Waals surface area contributed by atoms with Gasteiger partial charge in [-0.15, -0.1) is 0 Å². The second-order valence-electron chi connectivity index (χ2n) is 7.47. The molecule has 1 aliphatic rings. The molecule has 148 valence electrons. The van der Waals surface area contributed by atoms with Crippen molar-refractivity contribution in [3.8, 4) is 5.69 Å². The van der Waals surface area contributed by atoms with E-state index in [0.717, 1.165) is 62.8 Å². The van der Waals surface area contributed by atoms with E-state index >= 15 is 0 Å². The highest BCUT2D eigenvalue weighted by molar-refractivity contribution is 5.56. The number of halogens is 1. The second kappa shape index (κ2) is 8.85. The van der Waals surface area contributed by atoms with Crippen molar-refractivity contribution in [2.75, 3.05) is 38.1 Å². The van der Waals surface area contributed by atoms with E-state index < -0.39 is 0 Å². The molecule has 1 aromatic carbocycles. The van der Waals surface area contributed by atoms with E-state index in [1.165, 1.54) is 17.7 Å². The number of hydrogen-bond acceptors (Lipinski definition) is 4. The molecule has 1 atom stereocenters. The molecule has 0 aliphatic carbocycles. The average molecular weight is 374 g/mol. The van der Waals surface area contributed by atoms with E-state index in [2.05, 4.69) is 42.9 Å². The molecule has 1 saturated heterocycles. The summed E-state index contributed by atoms with van der Waals surface area (Å²) in [6.07, 6.45) is 1.98. The maximum Gasteiger partial charge on any atom is 0.137 e. The Morgan fingerprint density at radius 3 is 2.37 bits per heavy atom. The number of rotatable bonds is 7. The summed E-state index contributed by atoms with van der Waals surface area (Å²) in [4.78, 5) is 4.79. The van der Waals surface area contributed by atoms with Crippen LogP contribution in [-0.2, 0) is 13.0 Å². The number of likely N-dealkylation sites (N-methyl/N-ethyl adjacent to an activating group) is 1. The summed E-state index contributed by atoms with van der Waals surface area (Å²) in [5.74, 6) is 0.934. The Morgan fingerprint density at radius 2 is 1.78 bits per heavy atom. The Balaban J connectivity index is 2.03. The first-order chi connectivity index (χ1) is 13.0. The van der Waals surface area contributed by atoms with Gasteiger partial charge in [0.05, 0.1) is 11.4 Å². The van der Waals surface area contributed by atoms with Crippen LogP contribution in [0.25, 0.3) is 5.69 Å². The third kappa shape index (κ3) is 4.50. The van der Waals surface area contributed by atoms with Gasteiger partial charge in [0, 0.05) is 44.3 Å². The molecule has 5 nitrogen and oxygen atoms in total. The van der Waals surface area contributed by atoms with Gasteiger partial charge in [-0.05, 0) is 51.1 Å². The van der Waals surface area contributed by atoms with Crippen molar-refractivity contribution in [1.29, 1.82) is 0 Å². The van der Waals surface area contributed by atoms with Crippen molar-refractivity contribution in [2.24, 2.45) is 0 Å². The zero-order valence-corrected chi connectivity index (χ0v) is 17.0. The van der Waals surface area contributed by atoms with Crippen LogP contribution in [0, 0.1) is 5.82 Å². The Hall–Kier alpha value is -1.92. The van der Waals surface area contributed by atoms with E-state index in [4.69, 9.17) is 5.10 Å². The largest absolute Gasteiger partial charge is 0.354 e. The standard InChI is InChI=1S/C21H32FN5/c1-5-16(3)23-15-19-20(6-2)24-27(18-9-7-17(22)8-10-18)21(19)26-13-11-25(4)12-14-26/h7-10,16,23H,5-6,11-15H2,1-4H3. The SMILES string of the molecule is CCc1nn(-c2ccc(F)cc2)c(N2CCN(C)CC2)c1CNC(C)CC. The van der Waals surface area contributed by atoms with Crippen molar-refractivity contribution in [3.05, 3.63) is 41.3 Å². The number of aromatic nitrogens is 2. The minimum atomic E-state index is -0.221. The topological polar surface area (TPSA) is 36.3 Å². The molecule has 1 N–H and O–H groups in total. The first kappa shape index (κ1) is 19.8. The zero-order chi connectivity index (χ0) is 19.4. The van der Waals surface area contributed by atoms with Crippen LogP contribution in [0.15, 0.2) is 24.3 Å². The summed E-state index contributed by atoms with van der Waals surface area (Å²) in [5.41, 5.74) is 3.30. The van der Waals surface area contributed by atoms with Gasteiger partial charge in [-0.3, -0.25) is 0 Å². The van der Waals surface area contributed by atoms with Crippen LogP contribution in [0.5, 0.6) is 0 Å². The van der Waals surface area contributed by atoms with E-state index in [1.807, 2.05) is 16.8 Å². The summed E-state index contributed by atoms with van der Waals surface area (Å²) < 4.78 is 15.5. The minimum Gasteiger partial charge on any atom is -0.354 e. The van der Waals surface area contributed by atoms with Crippen molar-refractivity contribution in [3.63, 3.8) is 0 Å². The van der Waals surface area contributed by atoms with E-state index in [1.54, 1.807) is 0 Å². The molecule has 1 aliphatic heterocycles. The monoisotopic (exact) mass is 373 g/mol. The number of nitrogens with one attached hydrogen (secondary N) is 1. The van der Waals surface area contributed by atoms with Gasteiger partial charge in [-0.1, -0.05) is 13.8 Å². The number of piperazine rings is 1. The lowest BCUT2D eigenvalue weighted by Gasteiger charge is -2.35. The lowest BCUT2D eigenvalue weighted by molar-refractivity contribution is 0.311. The van der Waals surface area contributed by atoms with Gasteiger partial charge in [-0.25, -0.2) is 9.07 Å². The summed E-state index contributed by atoms with van der Waals surface area (Å²) >= 11 is 0. The number of hydrogen-bond donors (Lipinski definition) is 1. The molecule has 27 heavy (non-hydrogen) atoms. The molecule has 1 unspecified atom stereocenters. The molecular formula is C21H32FN5. The fraction of sp³-hybridized carbons (Fsp3) is 0.571. The fourth-order valence-corrected chi connectivity index (χ4v) is 3.48. The van der Waals surface area contributed by atoms with Gasteiger partial charge >= 0.3 is 0 Å². The molecule has 0 saturated carbocycles. The van der Waals surface area contributed by atoms with Crippen LogP contribution in [0.2, 0.25) is 0 Å². The van der Waals surface area contributed by atoms with Crippen molar-refractivity contribution in [1.82, 2.24) is 20.0 Å². The lowest BCUT2D eigenvalue weighted by Crippen LogP contribution is -2.45. The molecule has 0 radical (unpaired) electrons. The maximum atomic E-state index is 13.4. The van der Waals surface area contributed by atoms with Gasteiger partial charge in [0.25, 0.3) is 0 Å². The van der Waals surface area contributed by atoms with Crippen LogP contribution >= 0.6 is 0 Å². The van der Waals surface area contributed by atoms with Gasteiger partial charge in [0.15, 0.2) is 0 Å². The first-order valence-corrected chi connectivity index (χ1v) is 10.1. The Labute approximate surface area is 162 Å². The van der Waals surface area contributed by atoms with Crippen molar-refractivity contribution in [2.45, 2.75) is 46.2 Å². The fourth-order valence-electron chi connectivity index (χ4n) is 3.48. The average Bonchev–Trinajstić information content (AvgIpc) is 3.05. The third-order valence-electron chi connectivity index (χ3n) is 5.49. The Morgan fingerprint density at radius 1 is 1.11 bits per heavy atom. The predicted octanol–water partition coefficient (Wildman–Crippen LogP) is 3.21. The van der Waals surface area contributed by atoms with Gasteiger partial charge in [-0.2, -0.15) is 5.10 Å². The summed E-state index contributed by atoms with van der Waals surface area (Å²) in [7, 11) is 2.16. The Bertz CT molecular complexity index is 732. The molecule has 1 aromatic heterocycles. The van der Waals surface area contributed by atoms with Gasteiger partial charge in [0.2, 0.25) is 0 Å². The summed E-state index contributed by atoms with van der Waals surface area (Å²) in [5, 5.41) is 8.56. The summed E-state index contributed by atoms with van der Waals surface area (Å²) in [6, 6.07) is 7.10. The molecule has 3 rings (SSSR count). The Kier molecular flexibility index (Phi) is 6.50. The molecule has 0 amide bonds. The minimum absolute atomic E-state index is 0.221. The highest BCUT2D eigenvalue weighted by Crippen LogP contribution is 2.29. The molecule has 2 heterocycles. The highest BCUT2D eigenvalue weighted by Gasteiger charge is 2.25. The van der Waals surface area contributed by atoms with Crippen molar-refractivity contribution >= 4 is 5.82 Å². The summed E-state index contributed by atoms with van der Waals surface area (Å²) in [6.45, 7) is 11.4. The molecule has 0 bridgehead atoms.